The number of carbonyl (C=O) groups excluding carboxylic acids is 1. The van der Waals surface area contributed by atoms with Crippen molar-refractivity contribution in [2.45, 2.75) is 4.90 Å². The second-order valence-corrected chi connectivity index (χ2v) is 7.92. The number of ether oxygens (including phenoxy) is 1. The van der Waals surface area contributed by atoms with Crippen LogP contribution >= 0.6 is 23.5 Å². The molecule has 1 amide bonds. The first kappa shape index (κ1) is 27.4. The lowest BCUT2D eigenvalue weighted by Gasteiger charge is -2.23. The lowest BCUT2D eigenvalue weighted by Crippen LogP contribution is -2.36. The normalized spacial score (nSPS) is 10.4. The van der Waals surface area contributed by atoms with Crippen molar-refractivity contribution in [2.24, 2.45) is 0 Å². The molecule has 0 aromatic heterocycles. The van der Waals surface area contributed by atoms with Gasteiger partial charge in [0.05, 0.1) is 6.54 Å². The number of rotatable bonds is 11. The highest BCUT2D eigenvalue weighted by Gasteiger charge is 2.18. The van der Waals surface area contributed by atoms with Crippen molar-refractivity contribution in [2.75, 3.05) is 33.2 Å². The van der Waals surface area contributed by atoms with Gasteiger partial charge in [-0.1, -0.05) is 17.7 Å². The number of halogens is 3. The summed E-state index contributed by atoms with van der Waals surface area (Å²) in [5, 5.41) is 9.26. The molecular weight excluding hydrogens is 460 g/mol. The molecule has 0 fully saturated rings. The molecule has 0 aliphatic carbocycles. The quantitative estimate of drug-likeness (QED) is 0.160. The van der Waals surface area contributed by atoms with Gasteiger partial charge in [0, 0.05) is 29.6 Å². The summed E-state index contributed by atoms with van der Waals surface area (Å²) in [7, 11) is 1.87. The number of hydrogen-bond acceptors (Lipinski definition) is 6. The fraction of sp³-hybridized carbons (Fsp3) is 0.227. The Kier molecular flexibility index (Phi) is 12.4. The molecule has 0 unspecified atom stereocenters. The van der Waals surface area contributed by atoms with Crippen LogP contribution in [-0.4, -0.2) is 53.5 Å². The van der Waals surface area contributed by atoms with E-state index in [1.807, 2.05) is 11.9 Å². The summed E-state index contributed by atoms with van der Waals surface area (Å²) in [6, 6.07) is 8.33. The van der Waals surface area contributed by atoms with Gasteiger partial charge in [-0.15, -0.1) is 19.4 Å². The summed E-state index contributed by atoms with van der Waals surface area (Å²) in [5.74, 6) is -2.71. The molecule has 2 rings (SSSR count). The predicted octanol–water partition coefficient (Wildman–Crippen LogP) is 4.59. The van der Waals surface area contributed by atoms with Crippen LogP contribution in [0.4, 0.5) is 8.78 Å². The highest BCUT2D eigenvalue weighted by Crippen LogP contribution is 2.33. The number of carbonyl (C=O) groups is 1. The Balaban J connectivity index is 0.00000249. The summed E-state index contributed by atoms with van der Waals surface area (Å²) >= 11 is 6.79. The van der Waals surface area contributed by atoms with Crippen molar-refractivity contribution in [3.63, 3.8) is 0 Å². The fourth-order valence-corrected chi connectivity index (χ4v) is 3.49. The van der Waals surface area contributed by atoms with E-state index >= 15 is 0 Å². The standard InChI is InChI=1S/C20H22ClF2N3O3S.C2H2/c1-3-8-25(2)9-10-26(13-19(27)24-28)30-16-11-17(22)20(18(23)12-16)29-15-6-4-14(21)5-7-15;1-2/h3-7,11-12,28H,1,8-10,13H2,2H3,(H,24,27);1-2H. The van der Waals surface area contributed by atoms with Crippen LogP contribution in [0.1, 0.15) is 0 Å². The van der Waals surface area contributed by atoms with Gasteiger partial charge in [0.1, 0.15) is 5.75 Å². The lowest BCUT2D eigenvalue weighted by molar-refractivity contribution is -0.129. The van der Waals surface area contributed by atoms with E-state index in [1.54, 1.807) is 28.0 Å². The molecular formula is C22H24ClF2N3O3S. The summed E-state index contributed by atoms with van der Waals surface area (Å²) in [5.41, 5.74) is 1.56. The molecule has 0 saturated heterocycles. The van der Waals surface area contributed by atoms with Crippen LogP contribution in [0.5, 0.6) is 11.5 Å². The van der Waals surface area contributed by atoms with Crippen LogP contribution in [0.25, 0.3) is 0 Å². The topological polar surface area (TPSA) is 65.0 Å². The summed E-state index contributed by atoms with van der Waals surface area (Å²) in [6.07, 6.45) is 9.74. The molecule has 0 aliphatic rings. The summed E-state index contributed by atoms with van der Waals surface area (Å²) in [4.78, 5) is 13.8. The van der Waals surface area contributed by atoms with E-state index in [2.05, 4.69) is 19.4 Å². The summed E-state index contributed by atoms with van der Waals surface area (Å²) < 4.78 is 35.9. The molecule has 2 aromatic rings. The third-order valence-corrected chi connectivity index (χ3v) is 5.12. The molecule has 0 radical (unpaired) electrons. The second kappa shape index (κ2) is 14.5. The van der Waals surface area contributed by atoms with E-state index < -0.39 is 23.3 Å². The van der Waals surface area contributed by atoms with Crippen LogP contribution in [0.3, 0.4) is 0 Å². The molecule has 10 heteroatoms. The van der Waals surface area contributed by atoms with Crippen molar-refractivity contribution in [3.05, 3.63) is 65.7 Å². The third kappa shape index (κ3) is 9.26. The van der Waals surface area contributed by atoms with Gasteiger partial charge in [-0.2, -0.15) is 0 Å². The number of nitrogens with zero attached hydrogens (tertiary/aromatic N) is 2. The fourth-order valence-electron chi connectivity index (χ4n) is 2.40. The molecule has 0 atom stereocenters. The molecule has 0 aliphatic heterocycles. The molecule has 6 nitrogen and oxygen atoms in total. The van der Waals surface area contributed by atoms with Gasteiger partial charge in [0.25, 0.3) is 5.91 Å². The van der Waals surface area contributed by atoms with E-state index in [4.69, 9.17) is 21.5 Å². The third-order valence-electron chi connectivity index (χ3n) is 3.86. The SMILES string of the molecule is C#C.C=CCN(C)CCN(CC(=O)NO)Sc1cc(F)c(Oc2ccc(Cl)cc2)c(F)c1. The maximum atomic E-state index is 14.5. The van der Waals surface area contributed by atoms with Crippen LogP contribution < -0.4 is 10.2 Å². The van der Waals surface area contributed by atoms with Crippen LogP contribution in [0, 0.1) is 24.5 Å². The van der Waals surface area contributed by atoms with Gasteiger partial charge in [-0.25, -0.2) is 18.6 Å². The first-order valence-electron chi connectivity index (χ1n) is 9.23. The maximum Gasteiger partial charge on any atom is 0.258 e. The Morgan fingerprint density at radius 3 is 2.38 bits per heavy atom. The van der Waals surface area contributed by atoms with Gasteiger partial charge in [-0.3, -0.25) is 10.0 Å². The van der Waals surface area contributed by atoms with E-state index in [9.17, 15) is 13.6 Å². The number of hydroxylamine groups is 1. The number of benzene rings is 2. The molecule has 0 saturated carbocycles. The molecule has 0 heterocycles. The molecule has 0 spiro atoms. The van der Waals surface area contributed by atoms with Crippen molar-refractivity contribution >= 4 is 29.5 Å². The predicted molar refractivity (Wildman–Crippen MR) is 123 cm³/mol. The molecule has 2 N–H and O–H groups in total. The number of hydrogen-bond donors (Lipinski definition) is 2. The van der Waals surface area contributed by atoms with E-state index in [1.165, 1.54) is 12.1 Å². The van der Waals surface area contributed by atoms with E-state index in [-0.39, 0.29) is 17.2 Å². The Bertz CT molecular complexity index is 890. The highest BCUT2D eigenvalue weighted by atomic mass is 35.5. The zero-order valence-electron chi connectivity index (χ0n) is 17.4. The van der Waals surface area contributed by atoms with Crippen molar-refractivity contribution < 1.29 is 23.5 Å². The monoisotopic (exact) mass is 483 g/mol. The van der Waals surface area contributed by atoms with Crippen molar-refractivity contribution in [1.82, 2.24) is 14.7 Å². The number of amides is 1. The first-order valence-corrected chi connectivity index (χ1v) is 10.4. The minimum Gasteiger partial charge on any atom is -0.451 e. The van der Waals surface area contributed by atoms with Crippen LogP contribution in [-0.2, 0) is 4.79 Å². The van der Waals surface area contributed by atoms with E-state index in [0.717, 1.165) is 24.1 Å². The smallest absolute Gasteiger partial charge is 0.258 e. The molecule has 172 valence electrons. The number of likely N-dealkylation sites (N-methyl/N-ethyl adjacent to an activating group) is 1. The Hall–Kier alpha value is -2.61. The average Bonchev–Trinajstić information content (AvgIpc) is 2.77. The van der Waals surface area contributed by atoms with Gasteiger partial charge in [0.2, 0.25) is 0 Å². The van der Waals surface area contributed by atoms with Gasteiger partial charge < -0.3 is 9.64 Å². The Morgan fingerprint density at radius 1 is 1.25 bits per heavy atom. The van der Waals surface area contributed by atoms with Gasteiger partial charge in [-0.05, 0) is 55.4 Å². The minimum atomic E-state index is -0.886. The molecule has 32 heavy (non-hydrogen) atoms. The Labute approximate surface area is 195 Å². The van der Waals surface area contributed by atoms with Crippen molar-refractivity contribution in [1.29, 1.82) is 0 Å². The van der Waals surface area contributed by atoms with Gasteiger partial charge in [0.15, 0.2) is 17.4 Å². The summed E-state index contributed by atoms with van der Waals surface area (Å²) in [6.45, 7) is 5.10. The Morgan fingerprint density at radius 2 is 1.84 bits per heavy atom. The molecule has 0 bridgehead atoms. The zero-order chi connectivity index (χ0) is 24.1. The zero-order valence-corrected chi connectivity index (χ0v) is 19.0. The van der Waals surface area contributed by atoms with Crippen LogP contribution in [0.15, 0.2) is 53.9 Å². The largest absolute Gasteiger partial charge is 0.451 e. The van der Waals surface area contributed by atoms with Crippen molar-refractivity contribution in [3.8, 4) is 24.3 Å². The van der Waals surface area contributed by atoms with Crippen LogP contribution in [0.2, 0.25) is 5.02 Å². The number of terminal acetylenes is 1. The second-order valence-electron chi connectivity index (χ2n) is 6.31. The van der Waals surface area contributed by atoms with Gasteiger partial charge >= 0.3 is 0 Å². The first-order chi connectivity index (χ1) is 15.3. The van der Waals surface area contributed by atoms with E-state index in [0.29, 0.717) is 24.7 Å². The lowest BCUT2D eigenvalue weighted by atomic mass is 10.3. The highest BCUT2D eigenvalue weighted by molar-refractivity contribution is 7.97. The average molecular weight is 484 g/mol. The number of nitrogens with one attached hydrogen (secondary N) is 1. The minimum absolute atomic E-state index is 0.171. The maximum absolute atomic E-state index is 14.5. The molecule has 2 aromatic carbocycles.